The van der Waals surface area contributed by atoms with E-state index in [-0.39, 0.29) is 39.2 Å². The fraction of sp³-hybridized carbons (Fsp3) is 0.0667. The number of non-ortho nitro benzene ring substituents is 1. The van der Waals surface area contributed by atoms with Crippen LogP contribution in [0.25, 0.3) is 0 Å². The zero-order valence-electron chi connectivity index (χ0n) is 21.8. The number of carbonyl (C=O) groups excluding carboxylic acids is 4. The van der Waals surface area contributed by atoms with Gasteiger partial charge in [0.05, 0.1) is 26.5 Å². The Morgan fingerprint density at radius 1 is 0.762 bits per heavy atom. The Balaban J connectivity index is 1.47. The third-order valence-electron chi connectivity index (χ3n) is 6.62. The van der Waals surface area contributed by atoms with Crippen molar-refractivity contribution in [1.29, 1.82) is 0 Å². The molecule has 0 saturated heterocycles. The number of aryl methyl sites for hydroxylation is 1. The number of benzene rings is 4. The molecule has 1 atom stereocenters. The summed E-state index contributed by atoms with van der Waals surface area (Å²) in [6.07, 6.45) is -1.49. The molecule has 4 aromatic carbocycles. The minimum absolute atomic E-state index is 0.0706. The number of esters is 1. The highest BCUT2D eigenvalue weighted by atomic mass is 16.6. The van der Waals surface area contributed by atoms with Gasteiger partial charge in [-0.1, -0.05) is 36.4 Å². The first-order valence-corrected chi connectivity index (χ1v) is 12.4. The van der Waals surface area contributed by atoms with Crippen LogP contribution in [0.2, 0.25) is 0 Å². The molecular weight excluding hydrogens is 546 g/mol. The van der Waals surface area contributed by atoms with E-state index in [4.69, 9.17) is 4.74 Å². The van der Waals surface area contributed by atoms with E-state index in [1.165, 1.54) is 66.7 Å². The Morgan fingerprint density at radius 3 is 2.07 bits per heavy atom. The lowest BCUT2D eigenvalue weighted by atomic mass is 9.99. The number of fused-ring (bicyclic) bond motifs is 1. The van der Waals surface area contributed by atoms with Crippen LogP contribution in [-0.4, -0.2) is 33.4 Å². The van der Waals surface area contributed by atoms with Gasteiger partial charge in [0.2, 0.25) is 5.78 Å². The normalized spacial score (nSPS) is 12.9. The second kappa shape index (κ2) is 10.8. The summed E-state index contributed by atoms with van der Waals surface area (Å²) < 4.78 is 5.58. The lowest BCUT2D eigenvalue weighted by Gasteiger charge is -2.17. The van der Waals surface area contributed by atoms with Gasteiger partial charge in [0, 0.05) is 29.3 Å². The molecule has 0 fully saturated rings. The maximum Gasteiger partial charge on any atom is 0.339 e. The van der Waals surface area contributed by atoms with Crippen molar-refractivity contribution in [1.82, 2.24) is 0 Å². The number of carbonyl (C=O) groups is 4. The molecule has 0 aromatic heterocycles. The van der Waals surface area contributed by atoms with Crippen LogP contribution >= 0.6 is 0 Å². The van der Waals surface area contributed by atoms with Gasteiger partial charge in [-0.25, -0.2) is 9.69 Å². The molecule has 5 rings (SSSR count). The van der Waals surface area contributed by atoms with Crippen LogP contribution in [0, 0.1) is 27.2 Å². The van der Waals surface area contributed by atoms with Crippen molar-refractivity contribution < 1.29 is 33.8 Å². The predicted octanol–water partition coefficient (Wildman–Crippen LogP) is 5.39. The minimum Gasteiger partial charge on any atom is -0.445 e. The number of nitro groups is 2. The highest BCUT2D eigenvalue weighted by molar-refractivity contribution is 6.35. The first kappa shape index (κ1) is 27.5. The standard InChI is InChI=1S/C30H19N3O9/c1-17-7-14-24(25(15-17)33(40)41)31-28(35)22-13-10-20(16-23(22)29(31)36)30(37)42-27(26(34)18-5-3-2-4-6-18)19-8-11-21(12-9-19)32(38)39/h2-16,27H,1H3/t27-/m1/s1. The average molecular weight is 565 g/mol. The molecule has 0 bridgehead atoms. The van der Waals surface area contributed by atoms with E-state index in [0.717, 1.165) is 6.07 Å². The highest BCUT2D eigenvalue weighted by Gasteiger charge is 2.40. The lowest BCUT2D eigenvalue weighted by Crippen LogP contribution is -2.30. The smallest absolute Gasteiger partial charge is 0.339 e. The summed E-state index contributed by atoms with van der Waals surface area (Å²) in [5, 5.41) is 22.7. The topological polar surface area (TPSA) is 167 Å². The maximum absolute atomic E-state index is 13.4. The molecule has 0 radical (unpaired) electrons. The Labute approximate surface area is 237 Å². The number of ether oxygens (including phenoxy) is 1. The Morgan fingerprint density at radius 2 is 1.43 bits per heavy atom. The Kier molecular flexibility index (Phi) is 7.11. The molecule has 4 aromatic rings. The van der Waals surface area contributed by atoms with Crippen LogP contribution in [0.3, 0.4) is 0 Å². The van der Waals surface area contributed by atoms with Crippen molar-refractivity contribution in [2.45, 2.75) is 13.0 Å². The summed E-state index contributed by atoms with van der Waals surface area (Å²) in [6.45, 7) is 1.63. The molecule has 0 spiro atoms. The summed E-state index contributed by atoms with van der Waals surface area (Å²) in [7, 11) is 0. The molecule has 42 heavy (non-hydrogen) atoms. The van der Waals surface area contributed by atoms with Crippen LogP contribution in [0.5, 0.6) is 0 Å². The molecule has 2 amide bonds. The van der Waals surface area contributed by atoms with Gasteiger partial charge in [0.1, 0.15) is 5.69 Å². The first-order valence-electron chi connectivity index (χ1n) is 12.4. The van der Waals surface area contributed by atoms with Gasteiger partial charge in [-0.15, -0.1) is 0 Å². The molecule has 1 aliphatic heterocycles. The van der Waals surface area contributed by atoms with Crippen LogP contribution in [0.15, 0.2) is 91.0 Å². The molecule has 12 nitrogen and oxygen atoms in total. The zero-order valence-corrected chi connectivity index (χ0v) is 21.8. The quantitative estimate of drug-likeness (QED) is 0.0894. The number of hydrogen-bond donors (Lipinski definition) is 0. The van der Waals surface area contributed by atoms with Crippen LogP contribution in [0.4, 0.5) is 17.1 Å². The number of amides is 2. The van der Waals surface area contributed by atoms with Crippen LogP contribution in [-0.2, 0) is 4.74 Å². The first-order chi connectivity index (χ1) is 20.1. The third-order valence-corrected chi connectivity index (χ3v) is 6.62. The van der Waals surface area contributed by atoms with Gasteiger partial charge in [-0.2, -0.15) is 0 Å². The van der Waals surface area contributed by atoms with Crippen molar-refractivity contribution in [3.8, 4) is 0 Å². The highest BCUT2D eigenvalue weighted by Crippen LogP contribution is 2.36. The van der Waals surface area contributed by atoms with E-state index in [0.29, 0.717) is 10.5 Å². The van der Waals surface area contributed by atoms with Gasteiger partial charge >= 0.3 is 5.97 Å². The van der Waals surface area contributed by atoms with Crippen molar-refractivity contribution in [3.05, 3.63) is 145 Å². The van der Waals surface area contributed by atoms with E-state index in [9.17, 15) is 39.4 Å². The van der Waals surface area contributed by atoms with Crippen LogP contribution in [0.1, 0.15) is 58.7 Å². The molecule has 208 valence electrons. The summed E-state index contributed by atoms with van der Waals surface area (Å²) in [4.78, 5) is 75.1. The van der Waals surface area contributed by atoms with Gasteiger partial charge in [-0.05, 0) is 48.9 Å². The Bertz CT molecular complexity index is 1800. The fourth-order valence-corrected chi connectivity index (χ4v) is 4.53. The van der Waals surface area contributed by atoms with Crippen molar-refractivity contribution in [3.63, 3.8) is 0 Å². The third kappa shape index (κ3) is 4.99. The summed E-state index contributed by atoms with van der Waals surface area (Å²) in [5.74, 6) is -3.28. The number of anilines is 1. The molecule has 0 unspecified atom stereocenters. The molecule has 1 heterocycles. The maximum atomic E-state index is 13.4. The fourth-order valence-electron chi connectivity index (χ4n) is 4.53. The summed E-state index contributed by atoms with van der Waals surface area (Å²) in [6, 6.07) is 20.6. The summed E-state index contributed by atoms with van der Waals surface area (Å²) >= 11 is 0. The van der Waals surface area contributed by atoms with Gasteiger partial charge < -0.3 is 4.74 Å². The van der Waals surface area contributed by atoms with Crippen molar-refractivity contribution >= 4 is 40.6 Å². The number of Topliss-reactive ketones (excluding diaryl/α,β-unsaturated/α-hetero) is 1. The number of nitro benzene ring substituents is 2. The van der Waals surface area contributed by atoms with Gasteiger partial charge in [0.25, 0.3) is 23.2 Å². The van der Waals surface area contributed by atoms with Crippen molar-refractivity contribution in [2.24, 2.45) is 0 Å². The van der Waals surface area contributed by atoms with Gasteiger partial charge in [-0.3, -0.25) is 34.6 Å². The largest absolute Gasteiger partial charge is 0.445 e. The molecule has 12 heteroatoms. The minimum atomic E-state index is -1.49. The molecule has 0 aliphatic carbocycles. The van der Waals surface area contributed by atoms with E-state index in [1.807, 2.05) is 0 Å². The SMILES string of the molecule is Cc1ccc(N2C(=O)c3ccc(C(=O)O[C@@H](C(=O)c4ccccc4)c4ccc([N+](=O)[O-])cc4)cc3C2=O)c([N+](=O)[O-])c1. The summed E-state index contributed by atoms with van der Waals surface area (Å²) in [5.41, 5.74) is -0.336. The number of imide groups is 1. The van der Waals surface area contributed by atoms with Crippen molar-refractivity contribution in [2.75, 3.05) is 4.90 Å². The van der Waals surface area contributed by atoms with E-state index >= 15 is 0 Å². The molecular formula is C30H19N3O9. The lowest BCUT2D eigenvalue weighted by molar-refractivity contribution is -0.384. The van der Waals surface area contributed by atoms with Gasteiger partial charge in [0.15, 0.2) is 6.10 Å². The predicted molar refractivity (Wildman–Crippen MR) is 147 cm³/mol. The molecule has 0 N–H and O–H groups in total. The molecule has 0 saturated carbocycles. The average Bonchev–Trinajstić information content (AvgIpc) is 3.24. The monoisotopic (exact) mass is 565 g/mol. The number of nitrogens with zero attached hydrogens (tertiary/aromatic N) is 3. The number of rotatable bonds is 8. The number of hydrogen-bond acceptors (Lipinski definition) is 9. The van der Waals surface area contributed by atoms with E-state index in [2.05, 4.69) is 0 Å². The Hall–Kier alpha value is -6.04. The van der Waals surface area contributed by atoms with E-state index in [1.54, 1.807) is 25.1 Å². The number of ketones is 1. The molecule has 1 aliphatic rings. The second-order valence-electron chi connectivity index (χ2n) is 9.32. The van der Waals surface area contributed by atoms with Crippen LogP contribution < -0.4 is 4.90 Å². The second-order valence-corrected chi connectivity index (χ2v) is 9.32. The zero-order chi connectivity index (χ0) is 30.1. The van der Waals surface area contributed by atoms with E-state index < -0.39 is 45.2 Å².